The molecular weight excluding hydrogens is 456 g/mol. The third-order valence-corrected chi connectivity index (χ3v) is 6.33. The number of amides is 1. The normalized spacial score (nSPS) is 17.4. The summed E-state index contributed by atoms with van der Waals surface area (Å²) in [5, 5.41) is 13.1. The maximum Gasteiger partial charge on any atom is 0.269 e. The van der Waals surface area contributed by atoms with E-state index in [1.54, 1.807) is 49.4 Å². The topological polar surface area (TPSA) is 114 Å². The van der Waals surface area contributed by atoms with Crippen LogP contribution in [0.4, 0.5) is 11.4 Å². The van der Waals surface area contributed by atoms with Crippen molar-refractivity contribution in [2.45, 2.75) is 24.0 Å². The number of phenolic OH excluding ortho intramolecular Hbond substituents is 1. The molecule has 1 amide bonds. The first-order valence-corrected chi connectivity index (χ1v) is 11.4. The molecule has 3 N–H and O–H groups in total. The number of hydrogen-bond acceptors (Lipinski definition) is 6. The van der Waals surface area contributed by atoms with E-state index in [9.17, 15) is 18.3 Å². The molecule has 0 radical (unpaired) electrons. The van der Waals surface area contributed by atoms with Crippen molar-refractivity contribution in [2.75, 3.05) is 10.0 Å². The lowest BCUT2D eigenvalue weighted by molar-refractivity contribution is -0.128. The van der Waals surface area contributed by atoms with Crippen LogP contribution in [-0.2, 0) is 14.8 Å². The van der Waals surface area contributed by atoms with Crippen molar-refractivity contribution in [2.24, 2.45) is 0 Å². The van der Waals surface area contributed by atoms with Crippen LogP contribution in [0.25, 0.3) is 0 Å². The minimum absolute atomic E-state index is 0.0846. The van der Waals surface area contributed by atoms with Gasteiger partial charge in [0.25, 0.3) is 15.9 Å². The minimum Gasteiger partial charge on any atom is -0.506 e. The SMILES string of the molecule is CC1Oc2ccccc2OC1C(=O)Nc1cc(S(=O)(=O)Nc2cccc(Cl)c2)ccc1O. The van der Waals surface area contributed by atoms with Crippen molar-refractivity contribution in [1.29, 1.82) is 0 Å². The maximum atomic E-state index is 12.8. The molecule has 8 nitrogen and oxygen atoms in total. The van der Waals surface area contributed by atoms with Gasteiger partial charge in [0.15, 0.2) is 11.5 Å². The molecule has 0 spiro atoms. The maximum absolute atomic E-state index is 12.8. The molecule has 32 heavy (non-hydrogen) atoms. The van der Waals surface area contributed by atoms with Crippen molar-refractivity contribution in [3.05, 3.63) is 71.8 Å². The molecule has 2 atom stereocenters. The second-order valence-corrected chi connectivity index (χ2v) is 9.21. The van der Waals surface area contributed by atoms with Crippen LogP contribution < -0.4 is 19.5 Å². The largest absolute Gasteiger partial charge is 0.506 e. The third kappa shape index (κ3) is 4.58. The standard InChI is InChI=1S/C22H19ClN2O6S/c1-13-21(31-20-8-3-2-7-19(20)30-13)22(27)24-17-12-16(9-10-18(17)26)32(28,29)25-15-6-4-5-14(23)11-15/h2-13,21,25-26H,1H3,(H,24,27). The van der Waals surface area contributed by atoms with E-state index in [1.807, 2.05) is 0 Å². The molecule has 0 saturated heterocycles. The van der Waals surface area contributed by atoms with Gasteiger partial charge >= 0.3 is 0 Å². The summed E-state index contributed by atoms with van der Waals surface area (Å²) in [6.45, 7) is 1.68. The second kappa shape index (κ2) is 8.60. The fraction of sp³-hybridized carbons (Fsp3) is 0.136. The van der Waals surface area contributed by atoms with Gasteiger partial charge in [0, 0.05) is 5.02 Å². The predicted molar refractivity (Wildman–Crippen MR) is 120 cm³/mol. The van der Waals surface area contributed by atoms with E-state index >= 15 is 0 Å². The van der Waals surface area contributed by atoms with Gasteiger partial charge in [-0.15, -0.1) is 0 Å². The highest BCUT2D eigenvalue weighted by Crippen LogP contribution is 2.34. The summed E-state index contributed by atoms with van der Waals surface area (Å²) in [5.74, 6) is 0.0357. The quantitative estimate of drug-likeness (QED) is 0.481. The number of aromatic hydroxyl groups is 1. The summed E-state index contributed by atoms with van der Waals surface area (Å²) in [7, 11) is -4.01. The zero-order chi connectivity index (χ0) is 22.9. The Bertz CT molecular complexity index is 1280. The van der Waals surface area contributed by atoms with Gasteiger partial charge in [0.2, 0.25) is 6.10 Å². The van der Waals surface area contributed by atoms with Gasteiger partial charge in [-0.2, -0.15) is 0 Å². The number of para-hydroxylation sites is 2. The number of carbonyl (C=O) groups is 1. The summed E-state index contributed by atoms with van der Waals surface area (Å²) in [6.07, 6.45) is -1.61. The van der Waals surface area contributed by atoms with Crippen molar-refractivity contribution in [3.8, 4) is 17.2 Å². The first-order chi connectivity index (χ1) is 15.2. The molecular formula is C22H19ClN2O6S. The fourth-order valence-corrected chi connectivity index (χ4v) is 4.42. The summed E-state index contributed by atoms with van der Waals surface area (Å²) in [6, 6.07) is 16.7. The van der Waals surface area contributed by atoms with Crippen LogP contribution in [0.5, 0.6) is 17.2 Å². The van der Waals surface area contributed by atoms with Crippen LogP contribution in [0.1, 0.15) is 6.92 Å². The summed E-state index contributed by atoms with van der Waals surface area (Å²) < 4.78 is 39.4. The number of benzene rings is 3. The van der Waals surface area contributed by atoms with Crippen LogP contribution in [-0.4, -0.2) is 31.6 Å². The first kappa shape index (κ1) is 21.8. The van der Waals surface area contributed by atoms with Crippen LogP contribution in [0.2, 0.25) is 5.02 Å². The molecule has 0 saturated carbocycles. The Labute approximate surface area is 189 Å². The molecule has 10 heteroatoms. The summed E-state index contributed by atoms with van der Waals surface area (Å²) >= 11 is 5.90. The van der Waals surface area contributed by atoms with Gasteiger partial charge < -0.3 is 19.9 Å². The Morgan fingerprint density at radius 2 is 1.72 bits per heavy atom. The fourth-order valence-electron chi connectivity index (χ4n) is 3.16. The number of rotatable bonds is 5. The number of sulfonamides is 1. The average Bonchev–Trinajstić information content (AvgIpc) is 2.74. The molecule has 1 aliphatic rings. The van der Waals surface area contributed by atoms with Gasteiger partial charge in [-0.1, -0.05) is 29.8 Å². The average molecular weight is 475 g/mol. The van der Waals surface area contributed by atoms with E-state index in [-0.39, 0.29) is 22.0 Å². The molecule has 2 unspecified atom stereocenters. The van der Waals surface area contributed by atoms with Gasteiger partial charge in [-0.25, -0.2) is 8.42 Å². The lowest BCUT2D eigenvalue weighted by Gasteiger charge is -2.31. The summed E-state index contributed by atoms with van der Waals surface area (Å²) in [5.41, 5.74) is 0.190. The van der Waals surface area contributed by atoms with Gasteiger partial charge in [-0.05, 0) is 55.5 Å². The van der Waals surface area contributed by atoms with Crippen molar-refractivity contribution < 1.29 is 27.8 Å². The molecule has 0 bridgehead atoms. The van der Waals surface area contributed by atoms with E-state index in [4.69, 9.17) is 21.1 Å². The van der Waals surface area contributed by atoms with Crippen LogP contribution in [0, 0.1) is 0 Å². The van der Waals surface area contributed by atoms with E-state index in [2.05, 4.69) is 10.0 Å². The molecule has 3 aromatic rings. The van der Waals surface area contributed by atoms with Gasteiger partial charge in [0.1, 0.15) is 11.9 Å². The number of fused-ring (bicyclic) bond motifs is 1. The smallest absolute Gasteiger partial charge is 0.269 e. The molecule has 0 aromatic heterocycles. The first-order valence-electron chi connectivity index (χ1n) is 9.57. The highest BCUT2D eigenvalue weighted by molar-refractivity contribution is 7.92. The molecule has 3 aromatic carbocycles. The number of nitrogens with one attached hydrogen (secondary N) is 2. The van der Waals surface area contributed by atoms with E-state index in [0.717, 1.165) is 6.07 Å². The Kier molecular flexibility index (Phi) is 5.86. The van der Waals surface area contributed by atoms with Crippen LogP contribution in [0.3, 0.4) is 0 Å². The molecule has 4 rings (SSSR count). The predicted octanol–water partition coefficient (Wildman–Crippen LogP) is 4.01. The third-order valence-electron chi connectivity index (χ3n) is 4.71. The Balaban J connectivity index is 1.55. The van der Waals surface area contributed by atoms with Crippen molar-refractivity contribution in [3.63, 3.8) is 0 Å². The number of halogens is 1. The molecule has 0 fully saturated rings. The van der Waals surface area contributed by atoms with E-state index < -0.39 is 28.1 Å². The molecule has 1 aliphatic heterocycles. The monoisotopic (exact) mass is 474 g/mol. The number of hydrogen-bond donors (Lipinski definition) is 3. The van der Waals surface area contributed by atoms with Crippen LogP contribution >= 0.6 is 11.6 Å². The number of carbonyl (C=O) groups excluding carboxylic acids is 1. The zero-order valence-corrected chi connectivity index (χ0v) is 18.4. The lowest BCUT2D eigenvalue weighted by Crippen LogP contribution is -2.46. The second-order valence-electron chi connectivity index (χ2n) is 7.09. The Morgan fingerprint density at radius 1 is 1.00 bits per heavy atom. The van der Waals surface area contributed by atoms with Gasteiger partial charge in [0.05, 0.1) is 16.3 Å². The number of anilines is 2. The summed E-state index contributed by atoms with van der Waals surface area (Å²) in [4.78, 5) is 12.7. The highest BCUT2D eigenvalue weighted by Gasteiger charge is 2.34. The molecule has 0 aliphatic carbocycles. The van der Waals surface area contributed by atoms with E-state index in [0.29, 0.717) is 16.5 Å². The minimum atomic E-state index is -4.01. The zero-order valence-electron chi connectivity index (χ0n) is 16.8. The molecule has 1 heterocycles. The van der Waals surface area contributed by atoms with Crippen molar-refractivity contribution >= 4 is 38.9 Å². The van der Waals surface area contributed by atoms with Crippen LogP contribution in [0.15, 0.2) is 71.6 Å². The highest BCUT2D eigenvalue weighted by atomic mass is 35.5. The Hall–Kier alpha value is -3.43. The van der Waals surface area contributed by atoms with Gasteiger partial charge in [-0.3, -0.25) is 9.52 Å². The van der Waals surface area contributed by atoms with E-state index in [1.165, 1.54) is 18.2 Å². The Morgan fingerprint density at radius 3 is 2.44 bits per heavy atom. The number of phenols is 1. The molecule has 166 valence electrons. The lowest BCUT2D eigenvalue weighted by atomic mass is 10.1. The van der Waals surface area contributed by atoms with Crippen molar-refractivity contribution in [1.82, 2.24) is 0 Å². The number of ether oxygens (including phenoxy) is 2.